The van der Waals surface area contributed by atoms with Crippen LogP contribution in [-0.4, -0.2) is 8.42 Å². The van der Waals surface area contributed by atoms with Crippen molar-refractivity contribution in [2.75, 3.05) is 10.5 Å². The average Bonchev–Trinajstić information content (AvgIpc) is 2.33. The van der Waals surface area contributed by atoms with Crippen molar-refractivity contribution in [3.63, 3.8) is 0 Å². The van der Waals surface area contributed by atoms with Crippen LogP contribution in [0.2, 0.25) is 0 Å². The molecule has 0 fully saturated rings. The topological polar surface area (TPSA) is 72.2 Å². The summed E-state index contributed by atoms with van der Waals surface area (Å²) in [5.74, 6) is -1.52. The Bertz CT molecular complexity index is 761. The number of rotatable bonds is 3. The molecule has 2 rings (SSSR count). The largest absolute Gasteiger partial charge is 0.398 e. The maximum atomic E-state index is 13.8. The molecule has 0 amide bonds. The number of nitrogen functional groups attached to an aromatic ring is 1. The molecule has 0 radical (unpaired) electrons. The first kappa shape index (κ1) is 14.3. The molecule has 3 N–H and O–H groups in total. The zero-order valence-corrected chi connectivity index (χ0v) is 11.3. The summed E-state index contributed by atoms with van der Waals surface area (Å²) in [5.41, 5.74) is 6.18. The van der Waals surface area contributed by atoms with Crippen LogP contribution < -0.4 is 10.5 Å². The van der Waals surface area contributed by atoms with Crippen LogP contribution in [-0.2, 0) is 10.0 Å². The van der Waals surface area contributed by atoms with Crippen molar-refractivity contribution in [1.82, 2.24) is 0 Å². The molecule has 20 heavy (non-hydrogen) atoms. The molecule has 106 valence electrons. The van der Waals surface area contributed by atoms with Gasteiger partial charge in [0.25, 0.3) is 10.0 Å². The van der Waals surface area contributed by atoms with Gasteiger partial charge in [-0.15, -0.1) is 0 Å². The maximum absolute atomic E-state index is 13.8. The zero-order valence-electron chi connectivity index (χ0n) is 10.5. The van der Waals surface area contributed by atoms with Gasteiger partial charge in [-0.2, -0.15) is 0 Å². The van der Waals surface area contributed by atoms with Crippen molar-refractivity contribution in [1.29, 1.82) is 0 Å². The Balaban J connectivity index is 2.43. The quantitative estimate of drug-likeness (QED) is 0.856. The van der Waals surface area contributed by atoms with E-state index < -0.39 is 26.6 Å². The first-order valence-electron chi connectivity index (χ1n) is 5.63. The van der Waals surface area contributed by atoms with Crippen LogP contribution in [0.3, 0.4) is 0 Å². The van der Waals surface area contributed by atoms with Gasteiger partial charge in [0.15, 0.2) is 0 Å². The minimum Gasteiger partial charge on any atom is -0.398 e. The van der Waals surface area contributed by atoms with E-state index >= 15 is 0 Å². The summed E-state index contributed by atoms with van der Waals surface area (Å²) in [6, 6.07) is 6.93. The number of halogens is 2. The molecule has 0 bridgehead atoms. The lowest BCUT2D eigenvalue weighted by atomic mass is 10.2. The normalized spacial score (nSPS) is 11.3. The minimum absolute atomic E-state index is 0.00328. The number of hydrogen-bond acceptors (Lipinski definition) is 3. The molecule has 0 saturated heterocycles. The molecule has 7 heteroatoms. The number of sulfonamides is 1. The van der Waals surface area contributed by atoms with Crippen molar-refractivity contribution in [3.8, 4) is 0 Å². The molecule has 0 aliphatic carbocycles. The molecule has 0 aromatic heterocycles. The molecular formula is C13H12F2N2O2S. The van der Waals surface area contributed by atoms with Gasteiger partial charge in [0.2, 0.25) is 0 Å². The summed E-state index contributed by atoms with van der Waals surface area (Å²) in [6.45, 7) is 1.56. The smallest absolute Gasteiger partial charge is 0.264 e. The van der Waals surface area contributed by atoms with Gasteiger partial charge in [0, 0.05) is 5.69 Å². The molecule has 0 unspecified atom stereocenters. The fraction of sp³-hybridized carbons (Fsp3) is 0.0769. The molecule has 2 aromatic rings. The number of nitrogens with two attached hydrogens (primary N) is 1. The van der Waals surface area contributed by atoms with E-state index in [4.69, 9.17) is 5.73 Å². The highest BCUT2D eigenvalue weighted by Gasteiger charge is 2.20. The van der Waals surface area contributed by atoms with E-state index in [1.54, 1.807) is 6.92 Å². The molecular weight excluding hydrogens is 286 g/mol. The third kappa shape index (κ3) is 2.88. The van der Waals surface area contributed by atoms with E-state index in [0.29, 0.717) is 5.56 Å². The van der Waals surface area contributed by atoms with Crippen LogP contribution in [0.25, 0.3) is 0 Å². The van der Waals surface area contributed by atoms with Crippen LogP contribution in [0.5, 0.6) is 0 Å². The number of nitrogens with one attached hydrogen (secondary N) is 1. The van der Waals surface area contributed by atoms with Crippen LogP contribution in [0.4, 0.5) is 20.2 Å². The Morgan fingerprint density at radius 1 is 1.15 bits per heavy atom. The van der Waals surface area contributed by atoms with Gasteiger partial charge in [-0.1, -0.05) is 6.07 Å². The van der Waals surface area contributed by atoms with E-state index in [1.165, 1.54) is 18.2 Å². The average molecular weight is 298 g/mol. The maximum Gasteiger partial charge on any atom is 0.264 e. The van der Waals surface area contributed by atoms with E-state index in [0.717, 1.165) is 18.2 Å². The Labute approximate surface area is 115 Å². The lowest BCUT2D eigenvalue weighted by Gasteiger charge is -2.10. The second-order valence-corrected chi connectivity index (χ2v) is 5.91. The Morgan fingerprint density at radius 2 is 1.85 bits per heavy atom. The third-order valence-electron chi connectivity index (χ3n) is 2.69. The molecule has 0 spiro atoms. The zero-order chi connectivity index (χ0) is 14.9. The predicted octanol–water partition coefficient (Wildman–Crippen LogP) is 2.66. The van der Waals surface area contributed by atoms with E-state index in [9.17, 15) is 17.2 Å². The summed E-state index contributed by atoms with van der Waals surface area (Å²) in [6.07, 6.45) is 0. The predicted molar refractivity (Wildman–Crippen MR) is 72.8 cm³/mol. The molecule has 4 nitrogen and oxygen atoms in total. The van der Waals surface area contributed by atoms with Crippen LogP contribution in [0.15, 0.2) is 41.3 Å². The number of aryl methyl sites for hydroxylation is 1. The fourth-order valence-corrected chi connectivity index (χ4v) is 2.78. The Kier molecular flexibility index (Phi) is 3.63. The number of anilines is 2. The highest BCUT2D eigenvalue weighted by molar-refractivity contribution is 7.92. The fourth-order valence-electron chi connectivity index (χ4n) is 1.64. The highest BCUT2D eigenvalue weighted by Crippen LogP contribution is 2.23. The van der Waals surface area contributed by atoms with Gasteiger partial charge in [0.1, 0.15) is 16.5 Å². The van der Waals surface area contributed by atoms with E-state index in [-0.39, 0.29) is 11.4 Å². The molecule has 0 saturated carbocycles. The molecule has 2 aromatic carbocycles. The first-order valence-corrected chi connectivity index (χ1v) is 7.12. The van der Waals surface area contributed by atoms with Crippen LogP contribution in [0, 0.1) is 18.6 Å². The number of hydrogen-bond donors (Lipinski definition) is 2. The third-order valence-corrected chi connectivity index (χ3v) is 4.08. The SMILES string of the molecule is Cc1cc(F)c(S(=O)(=O)Nc2cccc(F)c2)cc1N. The minimum atomic E-state index is -4.17. The molecule has 0 aliphatic heterocycles. The summed E-state index contributed by atoms with van der Waals surface area (Å²) in [5, 5.41) is 0. The lowest BCUT2D eigenvalue weighted by molar-refractivity contribution is 0.570. The van der Waals surface area contributed by atoms with Crippen molar-refractivity contribution >= 4 is 21.4 Å². The van der Waals surface area contributed by atoms with Gasteiger partial charge in [-0.3, -0.25) is 4.72 Å². The van der Waals surface area contributed by atoms with E-state index in [1.807, 2.05) is 0 Å². The standard InChI is InChI=1S/C13H12F2N2O2S/c1-8-5-11(15)13(7-12(8)16)20(18,19)17-10-4-2-3-9(14)6-10/h2-7,17H,16H2,1H3. The van der Waals surface area contributed by atoms with Crippen molar-refractivity contribution in [2.24, 2.45) is 0 Å². The molecule has 0 atom stereocenters. The van der Waals surface area contributed by atoms with Crippen molar-refractivity contribution in [2.45, 2.75) is 11.8 Å². The summed E-state index contributed by atoms with van der Waals surface area (Å²) >= 11 is 0. The van der Waals surface area contributed by atoms with Crippen molar-refractivity contribution < 1.29 is 17.2 Å². The van der Waals surface area contributed by atoms with Gasteiger partial charge in [-0.25, -0.2) is 17.2 Å². The Hall–Kier alpha value is -2.15. The first-order chi connectivity index (χ1) is 9.29. The van der Waals surface area contributed by atoms with Crippen molar-refractivity contribution in [3.05, 3.63) is 53.6 Å². The summed E-state index contributed by atoms with van der Waals surface area (Å²) in [4.78, 5) is -0.579. The van der Waals surface area contributed by atoms with Gasteiger partial charge in [0.05, 0.1) is 5.69 Å². The monoisotopic (exact) mass is 298 g/mol. The second kappa shape index (κ2) is 5.09. The van der Waals surface area contributed by atoms with Gasteiger partial charge in [-0.05, 0) is 42.8 Å². The second-order valence-electron chi connectivity index (χ2n) is 4.26. The van der Waals surface area contributed by atoms with Crippen LogP contribution in [0.1, 0.15) is 5.56 Å². The summed E-state index contributed by atoms with van der Waals surface area (Å²) < 4.78 is 53.0. The molecule has 0 heterocycles. The summed E-state index contributed by atoms with van der Waals surface area (Å²) in [7, 11) is -4.17. The number of benzene rings is 2. The van der Waals surface area contributed by atoms with E-state index in [2.05, 4.69) is 4.72 Å². The lowest BCUT2D eigenvalue weighted by Crippen LogP contribution is -2.15. The molecule has 0 aliphatic rings. The van der Waals surface area contributed by atoms with Gasteiger partial charge >= 0.3 is 0 Å². The van der Waals surface area contributed by atoms with Gasteiger partial charge < -0.3 is 5.73 Å². The van der Waals surface area contributed by atoms with Crippen LogP contribution >= 0.6 is 0 Å². The highest BCUT2D eigenvalue weighted by atomic mass is 32.2. The Morgan fingerprint density at radius 3 is 2.50 bits per heavy atom.